The van der Waals surface area contributed by atoms with Crippen LogP contribution in [0.4, 0.5) is 0 Å². The predicted octanol–water partition coefficient (Wildman–Crippen LogP) is 15.3. The summed E-state index contributed by atoms with van der Waals surface area (Å²) in [5, 5.41) is 29.9. The van der Waals surface area contributed by atoms with Crippen LogP contribution in [0.2, 0.25) is 0 Å². The van der Waals surface area contributed by atoms with Gasteiger partial charge in [-0.1, -0.05) is 135 Å². The summed E-state index contributed by atoms with van der Waals surface area (Å²) in [6.45, 7) is 13.3. The van der Waals surface area contributed by atoms with E-state index in [2.05, 4.69) is 211 Å². The Hall–Kier alpha value is -7.24. The van der Waals surface area contributed by atoms with E-state index in [1.54, 1.807) is 0 Å². The summed E-state index contributed by atoms with van der Waals surface area (Å²) in [7, 11) is 0. The van der Waals surface area contributed by atoms with Crippen LogP contribution in [0.1, 0.15) is 47.2 Å². The number of aliphatic hydroxyl groups is 2. The van der Waals surface area contributed by atoms with Gasteiger partial charge in [-0.25, -0.2) is 0 Å². The molecule has 0 bridgehead atoms. The van der Waals surface area contributed by atoms with E-state index in [4.69, 9.17) is 9.47 Å². The standard InChI is InChI=1S/C63H56O4/c1-39-11-7-15-43-31-47(19-23-53(39)43)57-35-51(36-58(61(57)66-29-27-64)48-20-24-54-40(2)12-8-16-44(54)32-48)63(5,6)52-37-59(49-21-25-55-41(3)13-9-17-45(55)33-49)62(67-30-28-65)60(38-52)50-22-26-56-42(4)14-10-18-46(56)34-50/h7-26,31-38,64-65H,27-30H2,1-6H3. The van der Waals surface area contributed by atoms with E-state index in [9.17, 15) is 10.2 Å². The number of benzene rings is 10. The van der Waals surface area contributed by atoms with Crippen molar-refractivity contribution in [3.05, 3.63) is 203 Å². The fourth-order valence-electron chi connectivity index (χ4n) is 10.1. The average molecular weight is 877 g/mol. The Labute approximate surface area is 393 Å². The van der Waals surface area contributed by atoms with Crippen molar-refractivity contribution in [2.24, 2.45) is 0 Å². The van der Waals surface area contributed by atoms with Crippen LogP contribution < -0.4 is 9.47 Å². The summed E-state index contributed by atoms with van der Waals surface area (Å²) < 4.78 is 13.4. The fourth-order valence-corrected chi connectivity index (χ4v) is 10.1. The second-order valence-corrected chi connectivity index (χ2v) is 18.6. The van der Waals surface area contributed by atoms with Crippen molar-refractivity contribution in [3.63, 3.8) is 0 Å². The van der Waals surface area contributed by atoms with Crippen molar-refractivity contribution in [1.29, 1.82) is 0 Å². The van der Waals surface area contributed by atoms with Crippen LogP contribution in [0.25, 0.3) is 87.6 Å². The van der Waals surface area contributed by atoms with Crippen LogP contribution in [0.3, 0.4) is 0 Å². The molecule has 4 nitrogen and oxygen atoms in total. The molecule has 0 aliphatic rings. The van der Waals surface area contributed by atoms with Gasteiger partial charge in [-0.05, 0) is 175 Å². The first-order valence-electron chi connectivity index (χ1n) is 23.4. The molecule has 0 unspecified atom stereocenters. The molecule has 0 saturated heterocycles. The highest BCUT2D eigenvalue weighted by atomic mass is 16.5. The monoisotopic (exact) mass is 876 g/mol. The molecule has 10 aromatic carbocycles. The zero-order valence-corrected chi connectivity index (χ0v) is 39.2. The summed E-state index contributed by atoms with van der Waals surface area (Å²) in [5.74, 6) is 1.47. The van der Waals surface area contributed by atoms with Gasteiger partial charge in [0.1, 0.15) is 24.7 Å². The summed E-state index contributed by atoms with van der Waals surface area (Å²) >= 11 is 0. The third-order valence-corrected chi connectivity index (χ3v) is 13.9. The quantitative estimate of drug-likeness (QED) is 0.128. The number of hydrogen-bond donors (Lipinski definition) is 2. The van der Waals surface area contributed by atoms with Gasteiger partial charge in [0.25, 0.3) is 0 Å². The van der Waals surface area contributed by atoms with E-state index >= 15 is 0 Å². The van der Waals surface area contributed by atoms with Gasteiger partial charge in [0, 0.05) is 27.7 Å². The molecule has 10 aromatic rings. The van der Waals surface area contributed by atoms with Gasteiger partial charge in [0.2, 0.25) is 0 Å². The number of ether oxygens (including phenoxy) is 2. The Morgan fingerprint density at radius 3 is 0.881 bits per heavy atom. The lowest BCUT2D eigenvalue weighted by Gasteiger charge is -2.31. The second kappa shape index (κ2) is 17.9. The fraction of sp³-hybridized carbons (Fsp3) is 0.175. The topological polar surface area (TPSA) is 58.9 Å². The van der Waals surface area contributed by atoms with Crippen LogP contribution >= 0.6 is 0 Å². The van der Waals surface area contributed by atoms with Crippen molar-refractivity contribution >= 4 is 43.1 Å². The van der Waals surface area contributed by atoms with Crippen molar-refractivity contribution < 1.29 is 19.7 Å². The van der Waals surface area contributed by atoms with E-state index in [1.807, 2.05) is 0 Å². The maximum absolute atomic E-state index is 10.2. The van der Waals surface area contributed by atoms with Crippen molar-refractivity contribution in [2.75, 3.05) is 26.4 Å². The van der Waals surface area contributed by atoms with Gasteiger partial charge in [0.15, 0.2) is 0 Å². The Balaban J connectivity index is 1.26. The Bertz CT molecular complexity index is 3080. The van der Waals surface area contributed by atoms with E-state index in [0.717, 1.165) is 88.7 Å². The Morgan fingerprint density at radius 2 is 0.627 bits per heavy atom. The molecule has 0 aliphatic heterocycles. The van der Waals surface area contributed by atoms with Crippen molar-refractivity contribution in [2.45, 2.75) is 47.0 Å². The smallest absolute Gasteiger partial charge is 0.135 e. The zero-order chi connectivity index (χ0) is 46.4. The number of rotatable bonds is 12. The summed E-state index contributed by atoms with van der Waals surface area (Å²) in [5.41, 5.74) is 14.5. The highest BCUT2D eigenvalue weighted by Crippen LogP contribution is 2.49. The van der Waals surface area contributed by atoms with Gasteiger partial charge in [-0.2, -0.15) is 0 Å². The molecular weight excluding hydrogens is 821 g/mol. The average Bonchev–Trinajstić information content (AvgIpc) is 3.34. The summed E-state index contributed by atoms with van der Waals surface area (Å²) in [6, 6.07) is 61.7. The second-order valence-electron chi connectivity index (χ2n) is 18.6. The Kier molecular flexibility index (Phi) is 11.6. The first-order chi connectivity index (χ1) is 32.5. The largest absolute Gasteiger partial charge is 0.490 e. The molecule has 0 aromatic heterocycles. The molecule has 4 heteroatoms. The third kappa shape index (κ3) is 8.11. The normalized spacial score (nSPS) is 11.8. The van der Waals surface area contributed by atoms with Crippen LogP contribution in [-0.4, -0.2) is 36.6 Å². The molecule has 332 valence electrons. The number of fused-ring (bicyclic) bond motifs is 4. The lowest BCUT2D eigenvalue weighted by Crippen LogP contribution is -2.20. The predicted molar refractivity (Wildman–Crippen MR) is 281 cm³/mol. The summed E-state index contributed by atoms with van der Waals surface area (Å²) in [6.07, 6.45) is 0. The highest BCUT2D eigenvalue weighted by Gasteiger charge is 2.30. The van der Waals surface area contributed by atoms with E-state index in [1.165, 1.54) is 43.8 Å². The summed E-state index contributed by atoms with van der Waals surface area (Å²) in [4.78, 5) is 0. The molecule has 0 fully saturated rings. The van der Waals surface area contributed by atoms with Crippen molar-refractivity contribution in [3.8, 4) is 56.0 Å². The van der Waals surface area contributed by atoms with Crippen LogP contribution in [-0.2, 0) is 5.41 Å². The molecule has 67 heavy (non-hydrogen) atoms. The minimum atomic E-state index is -0.584. The maximum Gasteiger partial charge on any atom is 0.135 e. The van der Waals surface area contributed by atoms with Gasteiger partial charge in [-0.3, -0.25) is 0 Å². The number of aryl methyl sites for hydroxylation is 4. The van der Waals surface area contributed by atoms with E-state index in [0.29, 0.717) is 0 Å². The van der Waals surface area contributed by atoms with E-state index in [-0.39, 0.29) is 26.4 Å². The van der Waals surface area contributed by atoms with Gasteiger partial charge >= 0.3 is 0 Å². The van der Waals surface area contributed by atoms with Gasteiger partial charge in [-0.15, -0.1) is 0 Å². The molecule has 0 heterocycles. The first kappa shape index (κ1) is 43.6. The van der Waals surface area contributed by atoms with E-state index < -0.39 is 5.41 Å². The molecule has 2 N–H and O–H groups in total. The minimum absolute atomic E-state index is 0.112. The molecule has 0 spiro atoms. The number of hydrogen-bond acceptors (Lipinski definition) is 4. The molecule has 0 saturated carbocycles. The third-order valence-electron chi connectivity index (χ3n) is 13.9. The minimum Gasteiger partial charge on any atom is -0.490 e. The van der Waals surface area contributed by atoms with Crippen LogP contribution in [0.5, 0.6) is 11.5 Å². The zero-order valence-electron chi connectivity index (χ0n) is 39.2. The van der Waals surface area contributed by atoms with Crippen LogP contribution in [0, 0.1) is 27.7 Å². The van der Waals surface area contributed by atoms with Gasteiger partial charge in [0.05, 0.1) is 13.2 Å². The lowest BCUT2D eigenvalue weighted by atomic mass is 9.74. The first-order valence-corrected chi connectivity index (χ1v) is 23.4. The lowest BCUT2D eigenvalue weighted by molar-refractivity contribution is 0.202. The molecule has 0 atom stereocenters. The number of aliphatic hydroxyl groups excluding tert-OH is 2. The molecule has 10 rings (SSSR count). The molecule has 0 radical (unpaired) electrons. The molecule has 0 aliphatic carbocycles. The molecular formula is C63H56O4. The SMILES string of the molecule is Cc1cccc2cc(-c3cc(C(C)(C)c4cc(-c5ccc6c(C)cccc6c5)c(OCCO)c(-c5ccc6c(C)cccc6c5)c4)cc(-c4ccc5c(C)cccc5c4)c3OCCO)ccc12. The highest BCUT2D eigenvalue weighted by molar-refractivity contribution is 5.97. The molecule has 0 amide bonds. The maximum atomic E-state index is 10.2. The van der Waals surface area contributed by atoms with Crippen molar-refractivity contribution in [1.82, 2.24) is 0 Å². The van der Waals surface area contributed by atoms with Crippen LogP contribution in [0.15, 0.2) is 170 Å². The Morgan fingerprint density at radius 1 is 0.358 bits per heavy atom. The van der Waals surface area contributed by atoms with Gasteiger partial charge < -0.3 is 19.7 Å².